The number of hydrogen-bond acceptors (Lipinski definition) is 7. The van der Waals surface area contributed by atoms with E-state index in [9.17, 15) is 9.18 Å². The lowest BCUT2D eigenvalue weighted by atomic mass is 10.1. The fraction of sp³-hybridized carbons (Fsp3) is 0.0500. The number of nitrogen functional groups attached to an aromatic ring is 1. The van der Waals surface area contributed by atoms with Gasteiger partial charge in [0.25, 0.3) is 11.8 Å². The molecule has 2 aromatic heterocycles. The van der Waals surface area contributed by atoms with E-state index in [2.05, 4.69) is 15.5 Å². The van der Waals surface area contributed by atoms with Crippen LogP contribution in [0.5, 0.6) is 5.75 Å². The molecule has 0 spiro atoms. The summed E-state index contributed by atoms with van der Waals surface area (Å²) in [5.41, 5.74) is 6.38. The van der Waals surface area contributed by atoms with Gasteiger partial charge in [-0.15, -0.1) is 10.2 Å². The summed E-state index contributed by atoms with van der Waals surface area (Å²) in [6, 6.07) is 10.2. The maximum atomic E-state index is 14.4. The molecule has 3 N–H and O–H groups in total. The van der Waals surface area contributed by atoms with Crippen molar-refractivity contribution in [3.8, 4) is 28.9 Å². The van der Waals surface area contributed by atoms with Crippen molar-refractivity contribution in [2.45, 2.75) is 0 Å². The molecule has 4 aromatic rings. The first-order chi connectivity index (χ1) is 14.5. The number of benzene rings is 2. The average Bonchev–Trinajstić information content (AvgIpc) is 3.41. The van der Waals surface area contributed by atoms with E-state index in [1.807, 2.05) is 0 Å². The molecule has 152 valence electrons. The smallest absolute Gasteiger partial charge is 0.283 e. The van der Waals surface area contributed by atoms with Gasteiger partial charge in [0.2, 0.25) is 5.89 Å². The van der Waals surface area contributed by atoms with Crippen molar-refractivity contribution in [1.29, 1.82) is 0 Å². The Bertz CT molecular complexity index is 1220. The molecule has 0 atom stereocenters. The van der Waals surface area contributed by atoms with Crippen LogP contribution >= 0.6 is 11.6 Å². The first-order valence-corrected chi connectivity index (χ1v) is 8.95. The number of nitrogens with two attached hydrogens (primary N) is 1. The normalized spacial score (nSPS) is 10.8. The summed E-state index contributed by atoms with van der Waals surface area (Å²) >= 11 is 5.98. The molecule has 0 saturated carbocycles. The van der Waals surface area contributed by atoms with Crippen LogP contribution in [0.3, 0.4) is 0 Å². The second-order valence-electron chi connectivity index (χ2n) is 6.11. The second-order valence-corrected chi connectivity index (χ2v) is 6.55. The Morgan fingerprint density at radius 1 is 1.20 bits per heavy atom. The molecule has 10 heteroatoms. The van der Waals surface area contributed by atoms with Crippen molar-refractivity contribution >= 4 is 28.9 Å². The first kappa shape index (κ1) is 19.5. The summed E-state index contributed by atoms with van der Waals surface area (Å²) in [5, 5.41) is 10.6. The Hall–Kier alpha value is -3.85. The van der Waals surface area contributed by atoms with E-state index in [0.29, 0.717) is 11.3 Å². The molecule has 0 bridgehead atoms. The molecule has 2 heterocycles. The van der Waals surface area contributed by atoms with Gasteiger partial charge in [0.15, 0.2) is 11.5 Å². The van der Waals surface area contributed by atoms with Gasteiger partial charge in [0.1, 0.15) is 5.82 Å². The highest BCUT2D eigenvalue weighted by Gasteiger charge is 2.19. The van der Waals surface area contributed by atoms with Gasteiger partial charge in [-0.25, -0.2) is 4.39 Å². The number of rotatable bonds is 5. The number of nitrogens with zero attached hydrogens (tertiary/aromatic N) is 2. The van der Waals surface area contributed by atoms with Gasteiger partial charge in [0.05, 0.1) is 30.3 Å². The van der Waals surface area contributed by atoms with Crippen LogP contribution in [0.1, 0.15) is 10.4 Å². The monoisotopic (exact) mass is 428 g/mol. The maximum Gasteiger partial charge on any atom is 0.283 e. The zero-order valence-corrected chi connectivity index (χ0v) is 16.2. The fourth-order valence-electron chi connectivity index (χ4n) is 2.79. The number of carbonyl (C=O) groups is 1. The van der Waals surface area contributed by atoms with Gasteiger partial charge in [0, 0.05) is 10.6 Å². The van der Waals surface area contributed by atoms with Crippen LogP contribution in [-0.2, 0) is 0 Å². The molecule has 0 saturated heterocycles. The van der Waals surface area contributed by atoms with Gasteiger partial charge in [-0.3, -0.25) is 4.79 Å². The van der Waals surface area contributed by atoms with Crippen molar-refractivity contribution in [3.63, 3.8) is 0 Å². The van der Waals surface area contributed by atoms with Gasteiger partial charge < -0.3 is 24.6 Å². The van der Waals surface area contributed by atoms with Crippen molar-refractivity contribution in [2.24, 2.45) is 0 Å². The molecule has 8 nitrogen and oxygen atoms in total. The molecule has 1 amide bonds. The number of aromatic nitrogens is 2. The minimum absolute atomic E-state index is 0.0604. The number of carbonyl (C=O) groups excluding carboxylic acids is 1. The van der Waals surface area contributed by atoms with Crippen LogP contribution in [0.4, 0.5) is 15.8 Å². The average molecular weight is 429 g/mol. The van der Waals surface area contributed by atoms with Crippen molar-refractivity contribution in [2.75, 3.05) is 18.2 Å². The minimum atomic E-state index is -0.660. The molecular weight excluding hydrogens is 415 g/mol. The van der Waals surface area contributed by atoms with Gasteiger partial charge in [-0.05, 0) is 42.5 Å². The lowest BCUT2D eigenvalue weighted by Gasteiger charge is -2.13. The lowest BCUT2D eigenvalue weighted by Crippen LogP contribution is -2.15. The van der Waals surface area contributed by atoms with E-state index >= 15 is 0 Å². The van der Waals surface area contributed by atoms with E-state index in [1.54, 1.807) is 12.1 Å². The first-order valence-electron chi connectivity index (χ1n) is 8.58. The van der Waals surface area contributed by atoms with Crippen LogP contribution in [0.2, 0.25) is 5.02 Å². The summed E-state index contributed by atoms with van der Waals surface area (Å²) in [5.74, 6) is -0.486. The number of amides is 1. The van der Waals surface area contributed by atoms with Gasteiger partial charge in [-0.1, -0.05) is 11.6 Å². The summed E-state index contributed by atoms with van der Waals surface area (Å²) in [6.07, 6.45) is 1.47. The Balaban J connectivity index is 1.64. The van der Waals surface area contributed by atoms with Gasteiger partial charge in [-0.2, -0.15) is 0 Å². The highest BCUT2D eigenvalue weighted by molar-refractivity contribution is 6.31. The number of methoxy groups -OCH3 is 1. The van der Waals surface area contributed by atoms with Crippen LogP contribution in [0.25, 0.3) is 23.1 Å². The van der Waals surface area contributed by atoms with Crippen molar-refractivity contribution in [3.05, 3.63) is 65.1 Å². The molecule has 2 aromatic carbocycles. The molecule has 0 fully saturated rings. The van der Waals surface area contributed by atoms with Crippen molar-refractivity contribution < 1.29 is 22.8 Å². The Kier molecular flexibility index (Phi) is 5.11. The molecule has 30 heavy (non-hydrogen) atoms. The Morgan fingerprint density at radius 2 is 2.00 bits per heavy atom. The summed E-state index contributed by atoms with van der Waals surface area (Å²) in [6.45, 7) is 0. The number of hydrogen-bond donors (Lipinski definition) is 2. The topological polar surface area (TPSA) is 116 Å². The number of furan rings is 1. The zero-order valence-electron chi connectivity index (χ0n) is 15.5. The Morgan fingerprint density at radius 3 is 2.73 bits per heavy atom. The third kappa shape index (κ3) is 3.70. The molecule has 0 aliphatic carbocycles. The number of halogens is 2. The van der Waals surface area contributed by atoms with Crippen LogP contribution in [0.15, 0.2) is 57.6 Å². The predicted molar refractivity (Wildman–Crippen MR) is 108 cm³/mol. The van der Waals surface area contributed by atoms with Crippen LogP contribution in [-0.4, -0.2) is 23.2 Å². The van der Waals surface area contributed by atoms with E-state index in [-0.39, 0.29) is 39.5 Å². The van der Waals surface area contributed by atoms with E-state index in [0.717, 1.165) is 0 Å². The van der Waals surface area contributed by atoms with E-state index in [1.165, 1.54) is 43.7 Å². The molecular formula is C20H14ClFN4O4. The molecule has 4 rings (SSSR count). The van der Waals surface area contributed by atoms with Gasteiger partial charge >= 0.3 is 0 Å². The number of nitrogens with one attached hydrogen (secondary N) is 1. The van der Waals surface area contributed by atoms with Crippen LogP contribution < -0.4 is 15.8 Å². The minimum Gasteiger partial charge on any atom is -0.494 e. The summed E-state index contributed by atoms with van der Waals surface area (Å²) in [7, 11) is 1.36. The third-order valence-electron chi connectivity index (χ3n) is 4.15. The van der Waals surface area contributed by atoms with Crippen molar-refractivity contribution in [1.82, 2.24) is 10.2 Å². The maximum absolute atomic E-state index is 14.4. The summed E-state index contributed by atoms with van der Waals surface area (Å²) in [4.78, 5) is 12.7. The number of anilines is 2. The lowest BCUT2D eigenvalue weighted by molar-refractivity contribution is 0.102. The van der Waals surface area contributed by atoms with E-state index < -0.39 is 11.7 Å². The third-order valence-corrected chi connectivity index (χ3v) is 4.37. The number of ether oxygens (including phenoxy) is 1. The fourth-order valence-corrected chi connectivity index (χ4v) is 3.02. The molecule has 0 aliphatic rings. The zero-order chi connectivity index (χ0) is 21.3. The summed E-state index contributed by atoms with van der Waals surface area (Å²) < 4.78 is 30.3. The highest BCUT2D eigenvalue weighted by atomic mass is 35.5. The second kappa shape index (κ2) is 7.88. The SMILES string of the molecule is COc1c(N)cc(Cl)cc1C(=O)Nc1cc(-c2nnc(-c3ccco3)o2)ccc1F. The molecule has 0 radical (unpaired) electrons. The van der Waals surface area contributed by atoms with E-state index in [4.69, 9.17) is 30.9 Å². The molecule has 0 unspecified atom stereocenters. The Labute approximate surface area is 174 Å². The standard InChI is InChI=1S/C20H14ClFN4O4/c1-28-17-12(8-11(21)9-14(17)23)18(27)24-15-7-10(4-5-13(15)22)19-25-26-20(30-19)16-3-2-6-29-16/h2-9H,23H2,1H3,(H,24,27). The predicted octanol–water partition coefficient (Wildman–Crippen LogP) is 4.63. The quantitative estimate of drug-likeness (QED) is 0.445. The van der Waals surface area contributed by atoms with Crippen LogP contribution in [0, 0.1) is 5.82 Å². The highest BCUT2D eigenvalue weighted by Crippen LogP contribution is 2.32. The molecule has 0 aliphatic heterocycles. The largest absolute Gasteiger partial charge is 0.494 e.